The maximum atomic E-state index is 13.6. The van der Waals surface area contributed by atoms with Crippen molar-refractivity contribution in [3.8, 4) is 6.07 Å². The lowest BCUT2D eigenvalue weighted by Crippen LogP contribution is -2.50. The first-order valence-corrected chi connectivity index (χ1v) is 7.84. The number of rotatable bonds is 6. The largest absolute Gasteiger partial charge is 0.376 e. The van der Waals surface area contributed by atoms with E-state index in [9.17, 15) is 9.18 Å². The van der Waals surface area contributed by atoms with Gasteiger partial charge in [0.25, 0.3) is 0 Å². The van der Waals surface area contributed by atoms with Crippen molar-refractivity contribution in [2.24, 2.45) is 5.92 Å². The van der Waals surface area contributed by atoms with E-state index in [2.05, 4.69) is 16.7 Å². The molecule has 1 aromatic rings. The number of halogens is 1. The van der Waals surface area contributed by atoms with Gasteiger partial charge in [-0.15, -0.1) is 11.8 Å². The van der Waals surface area contributed by atoms with Crippen molar-refractivity contribution in [1.82, 2.24) is 5.32 Å². The summed E-state index contributed by atoms with van der Waals surface area (Å²) < 4.78 is 13.6. The van der Waals surface area contributed by atoms with Crippen molar-refractivity contribution in [3.63, 3.8) is 0 Å². The second-order valence-electron chi connectivity index (χ2n) is 5.22. The predicted octanol–water partition coefficient (Wildman–Crippen LogP) is 3.01. The van der Waals surface area contributed by atoms with Gasteiger partial charge in [-0.05, 0) is 37.3 Å². The van der Waals surface area contributed by atoms with E-state index in [1.54, 1.807) is 25.3 Å². The van der Waals surface area contributed by atoms with Gasteiger partial charge in [-0.2, -0.15) is 5.26 Å². The fourth-order valence-corrected chi connectivity index (χ4v) is 2.05. The summed E-state index contributed by atoms with van der Waals surface area (Å²) in [5.74, 6) is -0.635. The molecule has 0 aliphatic heterocycles. The van der Waals surface area contributed by atoms with Crippen LogP contribution >= 0.6 is 11.8 Å². The highest BCUT2D eigenvalue weighted by Crippen LogP contribution is 2.22. The Morgan fingerprint density at radius 3 is 2.67 bits per heavy atom. The van der Waals surface area contributed by atoms with Crippen molar-refractivity contribution >= 4 is 23.4 Å². The van der Waals surface area contributed by atoms with Crippen LogP contribution in [0.3, 0.4) is 0 Å². The predicted molar refractivity (Wildman–Crippen MR) is 83.7 cm³/mol. The average Bonchev–Trinajstić information content (AvgIpc) is 2.44. The summed E-state index contributed by atoms with van der Waals surface area (Å²) in [5, 5.41) is 14.7. The van der Waals surface area contributed by atoms with Gasteiger partial charge < -0.3 is 10.6 Å². The van der Waals surface area contributed by atoms with Gasteiger partial charge in [-0.25, -0.2) is 4.39 Å². The van der Waals surface area contributed by atoms with Crippen LogP contribution in [0.15, 0.2) is 23.1 Å². The van der Waals surface area contributed by atoms with Crippen LogP contribution in [-0.4, -0.2) is 24.2 Å². The first-order chi connectivity index (χ1) is 9.82. The molecule has 1 aromatic carbocycles. The van der Waals surface area contributed by atoms with Gasteiger partial charge in [0.1, 0.15) is 11.4 Å². The number of hydrogen-bond acceptors (Lipinski definition) is 4. The van der Waals surface area contributed by atoms with E-state index < -0.39 is 5.54 Å². The van der Waals surface area contributed by atoms with Crippen LogP contribution in [0.2, 0.25) is 0 Å². The summed E-state index contributed by atoms with van der Waals surface area (Å²) in [4.78, 5) is 12.4. The Bertz CT molecular complexity index is 556. The number of nitriles is 1. The molecule has 4 nitrogen and oxygen atoms in total. The Morgan fingerprint density at radius 2 is 2.19 bits per heavy atom. The third kappa shape index (κ3) is 4.64. The van der Waals surface area contributed by atoms with E-state index in [1.807, 2.05) is 13.8 Å². The van der Waals surface area contributed by atoms with Crippen molar-refractivity contribution in [2.75, 3.05) is 18.1 Å². The van der Waals surface area contributed by atoms with Crippen molar-refractivity contribution in [3.05, 3.63) is 24.0 Å². The molecule has 0 unspecified atom stereocenters. The van der Waals surface area contributed by atoms with Crippen LogP contribution in [0, 0.1) is 23.1 Å². The van der Waals surface area contributed by atoms with Crippen LogP contribution in [0.4, 0.5) is 10.1 Å². The molecule has 0 heterocycles. The minimum absolute atomic E-state index is 0.00948. The minimum atomic E-state index is -0.910. The van der Waals surface area contributed by atoms with E-state index in [1.165, 1.54) is 17.8 Å². The molecule has 0 bridgehead atoms. The highest BCUT2D eigenvalue weighted by molar-refractivity contribution is 7.98. The monoisotopic (exact) mass is 309 g/mol. The van der Waals surface area contributed by atoms with Crippen molar-refractivity contribution in [1.29, 1.82) is 5.26 Å². The summed E-state index contributed by atoms with van der Waals surface area (Å²) in [6.45, 7) is 5.41. The molecule has 21 heavy (non-hydrogen) atoms. The van der Waals surface area contributed by atoms with Crippen molar-refractivity contribution in [2.45, 2.75) is 31.2 Å². The number of amides is 1. The number of carbonyl (C=O) groups excluding carboxylic acids is 1. The third-order valence-corrected chi connectivity index (χ3v) is 4.16. The van der Waals surface area contributed by atoms with Crippen LogP contribution in [-0.2, 0) is 4.79 Å². The van der Waals surface area contributed by atoms with Gasteiger partial charge in [-0.1, -0.05) is 13.8 Å². The van der Waals surface area contributed by atoms with Gasteiger partial charge in [-0.3, -0.25) is 4.79 Å². The molecule has 1 atom stereocenters. The second-order valence-corrected chi connectivity index (χ2v) is 6.07. The first-order valence-electron chi connectivity index (χ1n) is 6.62. The lowest BCUT2D eigenvalue weighted by atomic mass is 9.90. The van der Waals surface area contributed by atoms with E-state index in [0.717, 1.165) is 0 Å². The van der Waals surface area contributed by atoms with E-state index in [4.69, 9.17) is 5.26 Å². The number of thioether (sulfide) groups is 1. The van der Waals surface area contributed by atoms with Gasteiger partial charge in [0, 0.05) is 10.6 Å². The highest BCUT2D eigenvalue weighted by atomic mass is 32.2. The number of nitrogens with zero attached hydrogens (tertiary/aromatic N) is 1. The Kier molecular flexibility index (Phi) is 6.03. The number of hydrogen-bond donors (Lipinski definition) is 2. The molecule has 1 amide bonds. The van der Waals surface area contributed by atoms with Gasteiger partial charge in [0.05, 0.1) is 12.6 Å². The summed E-state index contributed by atoms with van der Waals surface area (Å²) >= 11 is 1.32. The molecule has 2 N–H and O–H groups in total. The van der Waals surface area contributed by atoms with E-state index in [-0.39, 0.29) is 24.2 Å². The number of benzene rings is 1. The topological polar surface area (TPSA) is 64.9 Å². The quantitative estimate of drug-likeness (QED) is 0.793. The SMILES string of the molecule is CSc1ccc(NCC(=O)N[C@@](C)(C#N)C(C)C)cc1F. The Morgan fingerprint density at radius 1 is 1.52 bits per heavy atom. The third-order valence-electron chi connectivity index (χ3n) is 3.39. The summed E-state index contributed by atoms with van der Waals surface area (Å²) in [6.07, 6.45) is 1.80. The van der Waals surface area contributed by atoms with Gasteiger partial charge in [0.15, 0.2) is 0 Å². The summed E-state index contributed by atoms with van der Waals surface area (Å²) in [5.41, 5.74) is -0.379. The lowest BCUT2D eigenvalue weighted by Gasteiger charge is -2.27. The van der Waals surface area contributed by atoms with E-state index >= 15 is 0 Å². The second kappa shape index (κ2) is 7.32. The smallest absolute Gasteiger partial charge is 0.240 e. The molecule has 0 spiro atoms. The normalized spacial score (nSPS) is 13.4. The Hall–Kier alpha value is -1.74. The molecule has 0 fully saturated rings. The Balaban J connectivity index is 2.62. The molecule has 114 valence electrons. The number of anilines is 1. The zero-order valence-electron chi connectivity index (χ0n) is 12.7. The van der Waals surface area contributed by atoms with Crippen LogP contribution in [0.5, 0.6) is 0 Å². The zero-order chi connectivity index (χ0) is 16.0. The van der Waals surface area contributed by atoms with Crippen molar-refractivity contribution < 1.29 is 9.18 Å². The lowest BCUT2D eigenvalue weighted by molar-refractivity contribution is -0.121. The molecular formula is C15H20FN3OS. The molecule has 0 saturated carbocycles. The fraction of sp³-hybridized carbons (Fsp3) is 0.467. The molecule has 0 aliphatic rings. The standard InChI is InChI=1S/C15H20FN3OS/c1-10(2)15(3,9-17)19-14(20)8-18-11-5-6-13(21-4)12(16)7-11/h5-7,10,18H,8H2,1-4H3,(H,19,20)/t15-/m0/s1. The number of carbonyl (C=O) groups is 1. The minimum Gasteiger partial charge on any atom is -0.376 e. The molecule has 0 aliphatic carbocycles. The number of nitrogens with one attached hydrogen (secondary N) is 2. The van der Waals surface area contributed by atoms with Gasteiger partial charge >= 0.3 is 0 Å². The van der Waals surface area contributed by atoms with Crippen LogP contribution in [0.1, 0.15) is 20.8 Å². The van der Waals surface area contributed by atoms with Crippen LogP contribution < -0.4 is 10.6 Å². The van der Waals surface area contributed by atoms with Crippen LogP contribution in [0.25, 0.3) is 0 Å². The molecule has 0 aromatic heterocycles. The molecule has 6 heteroatoms. The molecule has 0 radical (unpaired) electrons. The first kappa shape index (κ1) is 17.3. The fourth-order valence-electron chi connectivity index (χ4n) is 1.59. The maximum absolute atomic E-state index is 13.6. The Labute approximate surface area is 129 Å². The summed E-state index contributed by atoms with van der Waals surface area (Å²) in [7, 11) is 0. The average molecular weight is 309 g/mol. The maximum Gasteiger partial charge on any atom is 0.240 e. The van der Waals surface area contributed by atoms with E-state index in [0.29, 0.717) is 10.6 Å². The highest BCUT2D eigenvalue weighted by Gasteiger charge is 2.29. The molecular weight excluding hydrogens is 289 g/mol. The molecule has 0 saturated heterocycles. The summed E-state index contributed by atoms with van der Waals surface area (Å²) in [6, 6.07) is 6.84. The van der Waals surface area contributed by atoms with Gasteiger partial charge in [0.2, 0.25) is 5.91 Å². The zero-order valence-corrected chi connectivity index (χ0v) is 13.5. The molecule has 1 rings (SSSR count).